The van der Waals surface area contributed by atoms with Crippen molar-refractivity contribution in [2.24, 2.45) is 0 Å². The summed E-state index contributed by atoms with van der Waals surface area (Å²) in [6.45, 7) is 2.33. The third-order valence-electron chi connectivity index (χ3n) is 1.75. The number of carbonyl (C=O) groups is 1. The summed E-state index contributed by atoms with van der Waals surface area (Å²) >= 11 is 0. The van der Waals surface area contributed by atoms with E-state index < -0.39 is 12.0 Å². The Morgan fingerprint density at radius 2 is 2.17 bits per heavy atom. The summed E-state index contributed by atoms with van der Waals surface area (Å²) in [5.41, 5.74) is 0. The van der Waals surface area contributed by atoms with Gasteiger partial charge in [-0.15, -0.1) is 12.4 Å². The van der Waals surface area contributed by atoms with Crippen LogP contribution in [-0.4, -0.2) is 40.6 Å². The number of hydrogen-bond acceptors (Lipinski definition) is 3. The first-order valence-corrected chi connectivity index (χ1v) is 3.48. The summed E-state index contributed by atoms with van der Waals surface area (Å²) in [5.74, 6) is -0.787. The van der Waals surface area contributed by atoms with Crippen LogP contribution in [0.4, 0.5) is 0 Å². The van der Waals surface area contributed by atoms with Crippen molar-refractivity contribution >= 4 is 18.4 Å². The summed E-state index contributed by atoms with van der Waals surface area (Å²) in [5, 5.41) is 8.63. The number of nitrogens with zero attached hydrogens (tertiary/aromatic N) is 2. The molecule has 5 heteroatoms. The van der Waals surface area contributed by atoms with Crippen molar-refractivity contribution in [3.63, 3.8) is 0 Å². The molecule has 1 unspecified atom stereocenters. The van der Waals surface area contributed by atoms with E-state index in [2.05, 4.69) is 0 Å². The standard InChI is InChI=1S/C7H12N2O2.ClH/c1-6(7(10)11)9-4-3-8(2)5-9;/h3-4,6H,5H2,1-2H3,(H,10,11);1H. The first-order chi connectivity index (χ1) is 5.11. The van der Waals surface area contributed by atoms with Gasteiger partial charge in [-0.1, -0.05) is 0 Å². The molecule has 0 amide bonds. The first kappa shape index (κ1) is 11.1. The van der Waals surface area contributed by atoms with E-state index >= 15 is 0 Å². The molecule has 1 rings (SSSR count). The molecule has 0 bridgehead atoms. The van der Waals surface area contributed by atoms with Crippen LogP contribution in [0.1, 0.15) is 6.92 Å². The average molecular weight is 193 g/mol. The maximum absolute atomic E-state index is 10.5. The SMILES string of the molecule is CC(C(=O)O)N1C=CN(C)C1.Cl. The molecule has 1 heterocycles. The van der Waals surface area contributed by atoms with Crippen LogP contribution in [-0.2, 0) is 4.79 Å². The van der Waals surface area contributed by atoms with Gasteiger partial charge in [0.15, 0.2) is 0 Å². The van der Waals surface area contributed by atoms with Gasteiger partial charge in [0.05, 0.1) is 6.67 Å². The highest BCUT2D eigenvalue weighted by atomic mass is 35.5. The fourth-order valence-electron chi connectivity index (χ4n) is 0.945. The van der Waals surface area contributed by atoms with Crippen LogP contribution < -0.4 is 0 Å². The van der Waals surface area contributed by atoms with Crippen LogP contribution in [0, 0.1) is 0 Å². The van der Waals surface area contributed by atoms with Gasteiger partial charge < -0.3 is 14.9 Å². The quantitative estimate of drug-likeness (QED) is 0.695. The Balaban J connectivity index is 0.00000121. The highest BCUT2D eigenvalue weighted by molar-refractivity contribution is 5.85. The lowest BCUT2D eigenvalue weighted by Crippen LogP contribution is -2.36. The van der Waals surface area contributed by atoms with Gasteiger partial charge in [-0.2, -0.15) is 0 Å². The molecule has 0 aliphatic carbocycles. The van der Waals surface area contributed by atoms with Gasteiger partial charge in [-0.25, -0.2) is 4.79 Å². The molecule has 12 heavy (non-hydrogen) atoms. The molecule has 1 aliphatic rings. The molecular weight excluding hydrogens is 180 g/mol. The summed E-state index contributed by atoms with van der Waals surface area (Å²) < 4.78 is 0. The molecule has 1 N–H and O–H groups in total. The van der Waals surface area contributed by atoms with Crippen LogP contribution in [0.3, 0.4) is 0 Å². The third kappa shape index (κ3) is 2.30. The summed E-state index contributed by atoms with van der Waals surface area (Å²) in [4.78, 5) is 14.2. The number of rotatable bonds is 2. The van der Waals surface area contributed by atoms with Crippen molar-refractivity contribution in [3.8, 4) is 0 Å². The molecule has 1 aliphatic heterocycles. The minimum absolute atomic E-state index is 0. The monoisotopic (exact) mass is 192 g/mol. The van der Waals surface area contributed by atoms with Crippen molar-refractivity contribution < 1.29 is 9.90 Å². The van der Waals surface area contributed by atoms with Gasteiger partial charge in [0.25, 0.3) is 0 Å². The minimum atomic E-state index is -0.787. The maximum atomic E-state index is 10.5. The number of hydrogen-bond donors (Lipinski definition) is 1. The van der Waals surface area contributed by atoms with Gasteiger partial charge in [0.2, 0.25) is 0 Å². The van der Waals surface area contributed by atoms with Gasteiger partial charge in [0, 0.05) is 19.4 Å². The van der Waals surface area contributed by atoms with Crippen LogP contribution in [0.15, 0.2) is 12.4 Å². The predicted molar refractivity (Wildman–Crippen MR) is 48.0 cm³/mol. The van der Waals surface area contributed by atoms with E-state index in [4.69, 9.17) is 5.11 Å². The van der Waals surface area contributed by atoms with Crippen molar-refractivity contribution in [3.05, 3.63) is 12.4 Å². The third-order valence-corrected chi connectivity index (χ3v) is 1.75. The van der Waals surface area contributed by atoms with Gasteiger partial charge in [0.1, 0.15) is 6.04 Å². The second-order valence-electron chi connectivity index (χ2n) is 2.72. The van der Waals surface area contributed by atoms with E-state index in [-0.39, 0.29) is 12.4 Å². The lowest BCUT2D eigenvalue weighted by Gasteiger charge is -2.21. The van der Waals surface area contributed by atoms with Gasteiger partial charge >= 0.3 is 5.97 Å². The lowest BCUT2D eigenvalue weighted by molar-refractivity contribution is -0.141. The lowest BCUT2D eigenvalue weighted by atomic mass is 10.3. The highest BCUT2D eigenvalue weighted by Crippen LogP contribution is 2.08. The molecule has 4 nitrogen and oxygen atoms in total. The predicted octanol–water partition coefficient (Wildman–Crippen LogP) is 0.557. The number of carboxylic acid groups (broad SMARTS) is 1. The molecule has 0 radical (unpaired) electrons. The number of halogens is 1. The molecule has 1 atom stereocenters. The molecule has 0 saturated carbocycles. The smallest absolute Gasteiger partial charge is 0.326 e. The van der Waals surface area contributed by atoms with Crippen LogP contribution in [0.2, 0.25) is 0 Å². The van der Waals surface area contributed by atoms with E-state index in [1.54, 1.807) is 18.0 Å². The van der Waals surface area contributed by atoms with Crippen LogP contribution in [0.25, 0.3) is 0 Å². The second kappa shape index (κ2) is 4.21. The van der Waals surface area contributed by atoms with Crippen molar-refractivity contribution in [2.45, 2.75) is 13.0 Å². The highest BCUT2D eigenvalue weighted by Gasteiger charge is 2.20. The van der Waals surface area contributed by atoms with E-state index in [0.717, 1.165) is 0 Å². The Morgan fingerprint density at radius 1 is 1.58 bits per heavy atom. The molecule has 70 valence electrons. The maximum Gasteiger partial charge on any atom is 0.326 e. The molecule has 0 aromatic rings. The van der Waals surface area contributed by atoms with Gasteiger partial charge in [-0.05, 0) is 6.92 Å². The normalized spacial score (nSPS) is 17.5. The molecule has 0 aromatic carbocycles. The molecule has 0 spiro atoms. The minimum Gasteiger partial charge on any atom is -0.480 e. The average Bonchev–Trinajstić information content (AvgIpc) is 2.34. The van der Waals surface area contributed by atoms with Crippen molar-refractivity contribution in [1.82, 2.24) is 9.80 Å². The Labute approximate surface area is 77.9 Å². The zero-order valence-corrected chi connectivity index (χ0v) is 7.91. The van der Waals surface area contributed by atoms with Crippen molar-refractivity contribution in [2.75, 3.05) is 13.7 Å². The fraction of sp³-hybridized carbons (Fsp3) is 0.571. The van der Waals surface area contributed by atoms with Crippen molar-refractivity contribution in [1.29, 1.82) is 0 Å². The number of aliphatic carboxylic acids is 1. The summed E-state index contributed by atoms with van der Waals surface area (Å²) in [7, 11) is 1.91. The largest absolute Gasteiger partial charge is 0.480 e. The fourth-order valence-corrected chi connectivity index (χ4v) is 0.945. The first-order valence-electron chi connectivity index (χ1n) is 3.48. The van der Waals surface area contributed by atoms with E-state index in [1.165, 1.54) is 0 Å². The summed E-state index contributed by atoms with van der Waals surface area (Å²) in [6, 6.07) is -0.434. The topological polar surface area (TPSA) is 43.8 Å². The molecule has 0 aromatic heterocycles. The summed E-state index contributed by atoms with van der Waals surface area (Å²) in [6.07, 6.45) is 3.65. The zero-order chi connectivity index (χ0) is 8.43. The Bertz CT molecular complexity index is 196. The molecular formula is C7H13ClN2O2. The van der Waals surface area contributed by atoms with Gasteiger partial charge in [-0.3, -0.25) is 0 Å². The van der Waals surface area contributed by atoms with E-state index in [0.29, 0.717) is 6.67 Å². The second-order valence-corrected chi connectivity index (χ2v) is 2.72. The molecule has 0 fully saturated rings. The number of carboxylic acids is 1. The van der Waals surface area contributed by atoms with Crippen LogP contribution >= 0.6 is 12.4 Å². The van der Waals surface area contributed by atoms with E-state index in [1.807, 2.05) is 18.1 Å². The van der Waals surface area contributed by atoms with Crippen LogP contribution in [0.5, 0.6) is 0 Å². The van der Waals surface area contributed by atoms with E-state index in [9.17, 15) is 4.79 Å². The Kier molecular flexibility index (Phi) is 3.89. The Morgan fingerprint density at radius 3 is 2.50 bits per heavy atom. The zero-order valence-electron chi connectivity index (χ0n) is 7.10. The Hall–Kier alpha value is -0.900. The molecule has 0 saturated heterocycles.